The highest BCUT2D eigenvalue weighted by molar-refractivity contribution is 5.70. The maximum Gasteiger partial charge on any atom is 0.415 e. The first-order valence-corrected chi connectivity index (χ1v) is 5.81. The van der Waals surface area contributed by atoms with Gasteiger partial charge in [0.15, 0.2) is 0 Å². The lowest BCUT2D eigenvalue weighted by Gasteiger charge is -2.34. The molecule has 0 aliphatic carbocycles. The zero-order chi connectivity index (χ0) is 12.3. The third kappa shape index (κ3) is 3.20. The predicted molar refractivity (Wildman–Crippen MR) is 63.9 cm³/mol. The molecule has 1 aliphatic rings. The van der Waals surface area contributed by atoms with Crippen LogP contribution >= 0.6 is 0 Å². The van der Waals surface area contributed by atoms with Gasteiger partial charge >= 0.3 is 6.09 Å². The van der Waals surface area contributed by atoms with Crippen LogP contribution in [0, 0.1) is 0 Å². The first-order valence-electron chi connectivity index (χ1n) is 5.81. The fourth-order valence-corrected chi connectivity index (χ4v) is 1.82. The summed E-state index contributed by atoms with van der Waals surface area (Å²) >= 11 is 0. The fourth-order valence-electron chi connectivity index (χ4n) is 1.82. The van der Waals surface area contributed by atoms with Crippen molar-refractivity contribution >= 4 is 6.09 Å². The van der Waals surface area contributed by atoms with Crippen molar-refractivity contribution in [2.75, 3.05) is 13.1 Å². The summed E-state index contributed by atoms with van der Waals surface area (Å²) in [4.78, 5) is 13.4. The van der Waals surface area contributed by atoms with E-state index >= 15 is 0 Å². The second kappa shape index (κ2) is 4.75. The van der Waals surface area contributed by atoms with E-state index in [2.05, 4.69) is 0 Å². The van der Waals surface area contributed by atoms with Crippen molar-refractivity contribution in [3.63, 3.8) is 0 Å². The van der Waals surface area contributed by atoms with Crippen molar-refractivity contribution in [2.24, 2.45) is 0 Å². The maximum absolute atomic E-state index is 11.8. The Hall–Kier alpha value is -1.55. The number of carbonyl (C=O) groups excluding carboxylic acids is 1. The van der Waals surface area contributed by atoms with E-state index < -0.39 is 5.60 Å². The van der Waals surface area contributed by atoms with Crippen LogP contribution < -0.4 is 4.74 Å². The number of hydrogen-bond donors (Lipinski definition) is 1. The maximum atomic E-state index is 11.8. The van der Waals surface area contributed by atoms with Crippen LogP contribution in [0.1, 0.15) is 19.8 Å². The number of para-hydroxylation sites is 1. The van der Waals surface area contributed by atoms with E-state index in [1.165, 1.54) is 0 Å². The highest BCUT2D eigenvalue weighted by atomic mass is 16.6. The van der Waals surface area contributed by atoms with Gasteiger partial charge in [-0.1, -0.05) is 18.2 Å². The lowest BCUT2D eigenvalue weighted by atomic mass is 9.94. The Bertz CT molecular complexity index is 379. The van der Waals surface area contributed by atoms with E-state index in [-0.39, 0.29) is 6.09 Å². The van der Waals surface area contributed by atoms with Crippen LogP contribution in [0.25, 0.3) is 0 Å². The number of piperidine rings is 1. The molecule has 4 nitrogen and oxygen atoms in total. The number of likely N-dealkylation sites (tertiary alicyclic amines) is 1. The summed E-state index contributed by atoms with van der Waals surface area (Å²) < 4.78 is 5.23. The zero-order valence-electron chi connectivity index (χ0n) is 9.93. The second-order valence-corrected chi connectivity index (χ2v) is 4.67. The first kappa shape index (κ1) is 11.9. The molecule has 1 N–H and O–H groups in total. The standard InChI is InChI=1S/C13H17NO3/c1-13(16)7-9-14(10-8-13)12(15)17-11-5-3-2-4-6-11/h2-6,16H,7-10H2,1H3. The number of rotatable bonds is 1. The molecule has 0 saturated carbocycles. The van der Waals surface area contributed by atoms with E-state index in [1.54, 1.807) is 24.0 Å². The monoisotopic (exact) mass is 235 g/mol. The lowest BCUT2D eigenvalue weighted by molar-refractivity contribution is -0.000177. The minimum absolute atomic E-state index is 0.341. The molecule has 0 radical (unpaired) electrons. The summed E-state index contributed by atoms with van der Waals surface area (Å²) in [6.45, 7) is 2.88. The largest absolute Gasteiger partial charge is 0.415 e. The Morgan fingerprint density at radius 1 is 1.29 bits per heavy atom. The van der Waals surface area contributed by atoms with Gasteiger partial charge in [-0.05, 0) is 31.9 Å². The molecule has 2 rings (SSSR count). The SMILES string of the molecule is CC1(O)CCN(C(=O)Oc2ccccc2)CC1. The highest BCUT2D eigenvalue weighted by Crippen LogP contribution is 2.22. The summed E-state index contributed by atoms with van der Waals surface area (Å²) in [6.07, 6.45) is 0.847. The average Bonchev–Trinajstić information content (AvgIpc) is 2.30. The molecule has 1 aliphatic heterocycles. The second-order valence-electron chi connectivity index (χ2n) is 4.67. The van der Waals surface area contributed by atoms with Crippen molar-refractivity contribution in [3.8, 4) is 5.75 Å². The Morgan fingerprint density at radius 2 is 1.88 bits per heavy atom. The van der Waals surface area contributed by atoms with Gasteiger partial charge in [0.05, 0.1) is 5.60 Å². The zero-order valence-corrected chi connectivity index (χ0v) is 9.93. The Kier molecular flexibility index (Phi) is 3.33. The third-order valence-electron chi connectivity index (χ3n) is 3.05. The minimum Gasteiger partial charge on any atom is -0.410 e. The topological polar surface area (TPSA) is 49.8 Å². The summed E-state index contributed by atoms with van der Waals surface area (Å²) in [5.74, 6) is 0.551. The van der Waals surface area contributed by atoms with Crippen LogP contribution in [0.4, 0.5) is 4.79 Å². The highest BCUT2D eigenvalue weighted by Gasteiger charge is 2.30. The number of aliphatic hydroxyl groups is 1. The van der Waals surface area contributed by atoms with E-state index in [9.17, 15) is 9.90 Å². The Balaban J connectivity index is 1.90. The van der Waals surface area contributed by atoms with Gasteiger partial charge in [-0.25, -0.2) is 4.79 Å². The molecule has 1 saturated heterocycles. The minimum atomic E-state index is -0.649. The molecular formula is C13H17NO3. The average molecular weight is 235 g/mol. The number of benzene rings is 1. The molecule has 1 aromatic rings. The van der Waals surface area contributed by atoms with Crippen LogP contribution in [0.3, 0.4) is 0 Å². The van der Waals surface area contributed by atoms with Crippen LogP contribution in [0.2, 0.25) is 0 Å². The molecule has 1 fully saturated rings. The molecule has 0 bridgehead atoms. The molecular weight excluding hydrogens is 218 g/mol. The van der Waals surface area contributed by atoms with Crippen molar-refractivity contribution < 1.29 is 14.6 Å². The van der Waals surface area contributed by atoms with E-state index in [0.717, 1.165) is 0 Å². The van der Waals surface area contributed by atoms with Crippen LogP contribution in [-0.4, -0.2) is 34.8 Å². The van der Waals surface area contributed by atoms with Gasteiger partial charge < -0.3 is 14.7 Å². The predicted octanol–water partition coefficient (Wildman–Crippen LogP) is 2.03. The number of nitrogens with zero attached hydrogens (tertiary/aromatic N) is 1. The molecule has 4 heteroatoms. The van der Waals surface area contributed by atoms with Crippen LogP contribution in [0.5, 0.6) is 5.75 Å². The first-order chi connectivity index (χ1) is 8.07. The molecule has 92 valence electrons. The molecule has 0 unspecified atom stereocenters. The number of hydrogen-bond acceptors (Lipinski definition) is 3. The Labute approximate surface area is 101 Å². The normalized spacial score (nSPS) is 18.8. The molecule has 0 spiro atoms. The van der Waals surface area contributed by atoms with Crippen LogP contribution in [0.15, 0.2) is 30.3 Å². The van der Waals surface area contributed by atoms with E-state index in [1.807, 2.05) is 18.2 Å². The summed E-state index contributed by atoms with van der Waals surface area (Å²) in [5, 5.41) is 9.78. The van der Waals surface area contributed by atoms with Gasteiger partial charge in [0.1, 0.15) is 5.75 Å². The van der Waals surface area contributed by atoms with Crippen molar-refractivity contribution in [1.82, 2.24) is 4.90 Å². The molecule has 0 atom stereocenters. The molecule has 1 amide bonds. The number of amides is 1. The smallest absolute Gasteiger partial charge is 0.410 e. The van der Waals surface area contributed by atoms with Crippen molar-refractivity contribution in [3.05, 3.63) is 30.3 Å². The number of carbonyl (C=O) groups is 1. The van der Waals surface area contributed by atoms with Gasteiger partial charge in [-0.3, -0.25) is 0 Å². The fraction of sp³-hybridized carbons (Fsp3) is 0.462. The quantitative estimate of drug-likeness (QED) is 0.810. The number of ether oxygens (including phenoxy) is 1. The van der Waals surface area contributed by atoms with Gasteiger partial charge in [-0.15, -0.1) is 0 Å². The van der Waals surface area contributed by atoms with Gasteiger partial charge in [0, 0.05) is 13.1 Å². The molecule has 1 aromatic carbocycles. The van der Waals surface area contributed by atoms with E-state index in [0.29, 0.717) is 31.7 Å². The summed E-state index contributed by atoms with van der Waals surface area (Å²) in [5.41, 5.74) is -0.649. The van der Waals surface area contributed by atoms with Crippen molar-refractivity contribution in [1.29, 1.82) is 0 Å². The summed E-state index contributed by atoms with van der Waals surface area (Å²) in [6, 6.07) is 9.01. The molecule has 17 heavy (non-hydrogen) atoms. The lowest BCUT2D eigenvalue weighted by Crippen LogP contribution is -2.46. The Morgan fingerprint density at radius 3 is 2.47 bits per heavy atom. The van der Waals surface area contributed by atoms with Gasteiger partial charge in [-0.2, -0.15) is 0 Å². The summed E-state index contributed by atoms with van der Waals surface area (Å²) in [7, 11) is 0. The third-order valence-corrected chi connectivity index (χ3v) is 3.05. The van der Waals surface area contributed by atoms with Gasteiger partial charge in [0.25, 0.3) is 0 Å². The molecule has 1 heterocycles. The van der Waals surface area contributed by atoms with Crippen molar-refractivity contribution in [2.45, 2.75) is 25.4 Å². The van der Waals surface area contributed by atoms with Crippen LogP contribution in [-0.2, 0) is 0 Å². The van der Waals surface area contributed by atoms with Gasteiger partial charge in [0.2, 0.25) is 0 Å². The molecule has 0 aromatic heterocycles. The van der Waals surface area contributed by atoms with E-state index in [4.69, 9.17) is 4.74 Å².